The summed E-state index contributed by atoms with van der Waals surface area (Å²) in [5.41, 5.74) is 5.46. The maximum absolute atomic E-state index is 5.77. The maximum atomic E-state index is 5.77. The van der Waals surface area contributed by atoms with E-state index in [0.717, 1.165) is 33.5 Å². The molecule has 0 radical (unpaired) electrons. The van der Waals surface area contributed by atoms with E-state index in [9.17, 15) is 0 Å². The van der Waals surface area contributed by atoms with E-state index in [4.69, 9.17) is 14.1 Å². The van der Waals surface area contributed by atoms with E-state index >= 15 is 0 Å². The molecule has 0 atom stereocenters. The molecule has 0 amide bonds. The second-order valence-corrected chi connectivity index (χ2v) is 6.25. The number of nitrogens with zero attached hydrogens (tertiary/aromatic N) is 2. The molecule has 1 N–H and O–H groups in total. The highest BCUT2D eigenvalue weighted by molar-refractivity contribution is 7.12. The Morgan fingerprint density at radius 1 is 1.17 bits per heavy atom. The second kappa shape index (κ2) is 5.98. The Bertz CT molecular complexity index is 939. The monoisotopic (exact) mass is 337 g/mol. The number of hydrazone groups is 1. The third-order valence-corrected chi connectivity index (χ3v) is 4.57. The predicted octanol–water partition coefficient (Wildman–Crippen LogP) is 4.09. The first-order valence-corrected chi connectivity index (χ1v) is 8.34. The zero-order valence-electron chi connectivity index (χ0n) is 13.2. The molecule has 2 aromatic heterocycles. The number of aliphatic imine (C=N–C) groups is 1. The lowest BCUT2D eigenvalue weighted by atomic mass is 10.1. The van der Waals surface area contributed by atoms with Crippen molar-refractivity contribution in [2.75, 3.05) is 7.11 Å². The average molecular weight is 337 g/mol. The Labute approximate surface area is 143 Å². The van der Waals surface area contributed by atoms with E-state index in [2.05, 4.69) is 10.5 Å². The molecule has 0 fully saturated rings. The van der Waals surface area contributed by atoms with Gasteiger partial charge < -0.3 is 9.15 Å². The van der Waals surface area contributed by atoms with Crippen LogP contribution in [0.15, 0.2) is 62.4 Å². The van der Waals surface area contributed by atoms with E-state index in [1.165, 1.54) is 0 Å². The molecule has 120 valence electrons. The van der Waals surface area contributed by atoms with E-state index < -0.39 is 0 Å². The van der Waals surface area contributed by atoms with Gasteiger partial charge in [0.05, 0.1) is 17.7 Å². The van der Waals surface area contributed by atoms with Gasteiger partial charge in [-0.2, -0.15) is 5.10 Å². The van der Waals surface area contributed by atoms with Crippen LogP contribution in [-0.4, -0.2) is 18.7 Å². The average Bonchev–Trinajstić information content (AvgIpc) is 3.23. The van der Waals surface area contributed by atoms with Crippen LogP contribution in [0.1, 0.15) is 22.0 Å². The van der Waals surface area contributed by atoms with Gasteiger partial charge in [0.15, 0.2) is 11.6 Å². The predicted molar refractivity (Wildman–Crippen MR) is 95.7 cm³/mol. The highest BCUT2D eigenvalue weighted by Gasteiger charge is 2.20. The van der Waals surface area contributed by atoms with Crippen LogP contribution in [0.5, 0.6) is 5.75 Å². The minimum atomic E-state index is 0.692. The largest absolute Gasteiger partial charge is 0.497 e. The fourth-order valence-electron chi connectivity index (χ4n) is 2.52. The fourth-order valence-corrected chi connectivity index (χ4v) is 3.18. The molecule has 3 aromatic rings. The Morgan fingerprint density at radius 2 is 2.08 bits per heavy atom. The van der Waals surface area contributed by atoms with Gasteiger partial charge in [0, 0.05) is 5.56 Å². The Kier molecular flexibility index (Phi) is 3.66. The van der Waals surface area contributed by atoms with Crippen molar-refractivity contribution in [2.45, 2.75) is 6.92 Å². The number of nitrogens with one attached hydrogen (secondary N) is 1. The van der Waals surface area contributed by atoms with Gasteiger partial charge in [0.2, 0.25) is 0 Å². The highest BCUT2D eigenvalue weighted by atomic mass is 32.1. The molecular formula is C18H15N3O2S. The number of amidine groups is 1. The molecule has 3 heterocycles. The first-order valence-electron chi connectivity index (χ1n) is 7.46. The lowest BCUT2D eigenvalue weighted by Gasteiger charge is -2.07. The summed E-state index contributed by atoms with van der Waals surface area (Å²) in [4.78, 5) is 5.77. The van der Waals surface area contributed by atoms with Crippen LogP contribution >= 0.6 is 11.3 Å². The maximum Gasteiger partial charge on any atom is 0.164 e. The molecule has 24 heavy (non-hydrogen) atoms. The molecule has 0 unspecified atom stereocenters. The van der Waals surface area contributed by atoms with Crippen molar-refractivity contribution >= 4 is 28.6 Å². The van der Waals surface area contributed by atoms with Gasteiger partial charge in [-0.05, 0) is 48.7 Å². The number of furan rings is 1. The van der Waals surface area contributed by atoms with Crippen molar-refractivity contribution in [2.24, 2.45) is 10.1 Å². The van der Waals surface area contributed by atoms with Crippen LogP contribution in [-0.2, 0) is 0 Å². The summed E-state index contributed by atoms with van der Waals surface area (Å²) in [6.07, 6.45) is 0. The molecular weight excluding hydrogens is 322 g/mol. The highest BCUT2D eigenvalue weighted by Crippen LogP contribution is 2.30. The molecule has 1 aliphatic rings. The number of methoxy groups -OCH3 is 1. The van der Waals surface area contributed by atoms with Crippen LogP contribution in [0.25, 0.3) is 0 Å². The first-order chi connectivity index (χ1) is 11.7. The SMILES string of the molecule is COc1ccc2c(c1)C(c1ccc(C)o1)=NNC(c1cccs1)=N2. The quantitative estimate of drug-likeness (QED) is 0.783. The third-order valence-electron chi connectivity index (χ3n) is 3.69. The van der Waals surface area contributed by atoms with Gasteiger partial charge in [-0.25, -0.2) is 4.99 Å². The number of benzene rings is 1. The zero-order valence-corrected chi connectivity index (χ0v) is 14.1. The standard InChI is InChI=1S/C18H15N3O2S/c1-11-5-8-15(23-11)17-13-10-12(22-2)6-7-14(13)19-18(21-20-17)16-4-3-9-24-16/h3-10H,1-2H3,(H,19,21). The lowest BCUT2D eigenvalue weighted by molar-refractivity contribution is 0.415. The number of rotatable bonds is 3. The van der Waals surface area contributed by atoms with E-state index in [-0.39, 0.29) is 0 Å². The topological polar surface area (TPSA) is 59.1 Å². The van der Waals surface area contributed by atoms with E-state index in [0.29, 0.717) is 11.5 Å². The zero-order chi connectivity index (χ0) is 16.5. The van der Waals surface area contributed by atoms with Gasteiger partial charge in [-0.15, -0.1) is 11.3 Å². The molecule has 0 aliphatic carbocycles. The molecule has 0 bridgehead atoms. The summed E-state index contributed by atoms with van der Waals surface area (Å²) < 4.78 is 11.1. The van der Waals surface area contributed by atoms with Gasteiger partial charge >= 0.3 is 0 Å². The third kappa shape index (κ3) is 2.61. The summed E-state index contributed by atoms with van der Waals surface area (Å²) in [7, 11) is 1.64. The Balaban J connectivity index is 1.89. The smallest absolute Gasteiger partial charge is 0.164 e. The Morgan fingerprint density at radius 3 is 2.79 bits per heavy atom. The van der Waals surface area contributed by atoms with E-state index in [1.54, 1.807) is 18.4 Å². The molecule has 4 rings (SSSR count). The van der Waals surface area contributed by atoms with Crippen LogP contribution in [0.4, 0.5) is 5.69 Å². The molecule has 5 nitrogen and oxygen atoms in total. The minimum Gasteiger partial charge on any atom is -0.497 e. The van der Waals surface area contributed by atoms with Crippen molar-refractivity contribution in [3.8, 4) is 5.75 Å². The number of aryl methyl sites for hydroxylation is 1. The van der Waals surface area contributed by atoms with Crippen molar-refractivity contribution < 1.29 is 9.15 Å². The second-order valence-electron chi connectivity index (χ2n) is 5.30. The summed E-state index contributed by atoms with van der Waals surface area (Å²) in [6, 6.07) is 13.6. The fraction of sp³-hybridized carbons (Fsp3) is 0.111. The number of hydrogen-bond donors (Lipinski definition) is 1. The van der Waals surface area contributed by atoms with Crippen molar-refractivity contribution in [1.29, 1.82) is 0 Å². The van der Waals surface area contributed by atoms with Crippen LogP contribution < -0.4 is 10.2 Å². The lowest BCUT2D eigenvalue weighted by Crippen LogP contribution is -2.18. The minimum absolute atomic E-state index is 0.692. The van der Waals surface area contributed by atoms with Gasteiger partial charge in [-0.1, -0.05) is 6.07 Å². The van der Waals surface area contributed by atoms with Gasteiger partial charge in [0.1, 0.15) is 17.2 Å². The van der Waals surface area contributed by atoms with Crippen LogP contribution in [0.2, 0.25) is 0 Å². The Hall–Kier alpha value is -2.86. The van der Waals surface area contributed by atoms with Crippen molar-refractivity contribution in [3.63, 3.8) is 0 Å². The number of hydrogen-bond acceptors (Lipinski definition) is 6. The first kappa shape index (κ1) is 14.7. The van der Waals surface area contributed by atoms with Crippen LogP contribution in [0.3, 0.4) is 0 Å². The van der Waals surface area contributed by atoms with Crippen molar-refractivity contribution in [1.82, 2.24) is 5.43 Å². The molecule has 0 spiro atoms. The van der Waals surface area contributed by atoms with E-state index in [1.807, 2.05) is 54.8 Å². The number of thiophene rings is 1. The van der Waals surface area contributed by atoms with Gasteiger partial charge in [0.25, 0.3) is 0 Å². The molecule has 1 aromatic carbocycles. The summed E-state index contributed by atoms with van der Waals surface area (Å²) >= 11 is 1.61. The molecule has 0 saturated carbocycles. The van der Waals surface area contributed by atoms with Gasteiger partial charge in [-0.3, -0.25) is 5.43 Å². The summed E-state index contributed by atoms with van der Waals surface area (Å²) in [5, 5.41) is 6.57. The summed E-state index contributed by atoms with van der Waals surface area (Å²) in [5.74, 6) is 2.99. The number of ether oxygens (including phenoxy) is 1. The summed E-state index contributed by atoms with van der Waals surface area (Å²) in [6.45, 7) is 1.91. The molecule has 1 aliphatic heterocycles. The van der Waals surface area contributed by atoms with Crippen LogP contribution in [0, 0.1) is 6.92 Å². The van der Waals surface area contributed by atoms with Crippen molar-refractivity contribution in [3.05, 3.63) is 69.8 Å². The normalized spacial score (nSPS) is 13.4. The molecule has 6 heteroatoms. The number of fused-ring (bicyclic) bond motifs is 1. The molecule has 0 saturated heterocycles.